The van der Waals surface area contributed by atoms with E-state index in [4.69, 9.17) is 4.84 Å². The second-order valence-corrected chi connectivity index (χ2v) is 3.30. The van der Waals surface area contributed by atoms with Crippen LogP contribution in [0.2, 0.25) is 0 Å². The summed E-state index contributed by atoms with van der Waals surface area (Å²) >= 11 is 0. The van der Waals surface area contributed by atoms with E-state index in [-0.39, 0.29) is 6.03 Å². The van der Waals surface area contributed by atoms with E-state index < -0.39 is 0 Å². The predicted molar refractivity (Wildman–Crippen MR) is 64.4 cm³/mol. The van der Waals surface area contributed by atoms with Gasteiger partial charge in [-0.3, -0.25) is 4.99 Å². The lowest BCUT2D eigenvalue weighted by atomic mass is 10.2. The summed E-state index contributed by atoms with van der Waals surface area (Å²) in [7, 11) is 3.27. The Morgan fingerprint density at radius 1 is 1.25 bits per heavy atom. The monoisotopic (exact) mass is 230 g/mol. The van der Waals surface area contributed by atoms with Crippen LogP contribution >= 0.6 is 0 Å². The zero-order chi connectivity index (χ0) is 12.1. The maximum Gasteiger partial charge on any atom is 0.314 e. The van der Waals surface area contributed by atoms with Crippen molar-refractivity contribution in [1.29, 1.82) is 0 Å². The Hall–Kier alpha value is -1.30. The van der Waals surface area contributed by atoms with Gasteiger partial charge >= 0.3 is 6.03 Å². The molecule has 6 heteroatoms. The van der Waals surface area contributed by atoms with Crippen LogP contribution < -0.4 is 16.1 Å². The van der Waals surface area contributed by atoms with Crippen molar-refractivity contribution in [3.8, 4) is 0 Å². The number of carbonyl (C=O) groups excluding carboxylic acids is 1. The minimum Gasteiger partial charge on any atom is -0.397 e. The Morgan fingerprint density at radius 3 is 2.56 bits per heavy atom. The summed E-state index contributed by atoms with van der Waals surface area (Å²) in [5, 5.41) is 5.25. The standard InChI is InChI=1S/C10H22N4O2/c1-11-9-16-14-8-6-4-3-5-7-13-10(15)12-2/h9,14H,3-8H2,1-2H3,(H2,12,13,15). The van der Waals surface area contributed by atoms with Gasteiger partial charge in [0, 0.05) is 27.2 Å². The molecule has 6 nitrogen and oxygen atoms in total. The SMILES string of the molecule is CN=CONCCCCCCNC(=O)NC. The number of amides is 2. The molecule has 0 rings (SSSR count). The highest BCUT2D eigenvalue weighted by atomic mass is 16.6. The third-order valence-corrected chi connectivity index (χ3v) is 1.96. The fraction of sp³-hybridized carbons (Fsp3) is 0.800. The quantitative estimate of drug-likeness (QED) is 0.236. The maximum atomic E-state index is 10.8. The Kier molecular flexibility index (Phi) is 10.8. The number of hydroxylamine groups is 1. The van der Waals surface area contributed by atoms with E-state index >= 15 is 0 Å². The first kappa shape index (κ1) is 14.7. The van der Waals surface area contributed by atoms with Crippen molar-refractivity contribution in [2.75, 3.05) is 27.2 Å². The van der Waals surface area contributed by atoms with Gasteiger partial charge in [0.05, 0.1) is 0 Å². The van der Waals surface area contributed by atoms with E-state index in [1.165, 1.54) is 6.40 Å². The first-order chi connectivity index (χ1) is 7.81. The van der Waals surface area contributed by atoms with Gasteiger partial charge in [-0.1, -0.05) is 12.8 Å². The molecule has 0 unspecified atom stereocenters. The van der Waals surface area contributed by atoms with Gasteiger partial charge in [-0.2, -0.15) is 5.48 Å². The molecule has 2 amide bonds. The van der Waals surface area contributed by atoms with Crippen LogP contribution in [0, 0.1) is 0 Å². The van der Waals surface area contributed by atoms with Crippen LogP contribution in [0.3, 0.4) is 0 Å². The van der Waals surface area contributed by atoms with E-state index in [0.29, 0.717) is 0 Å². The maximum absolute atomic E-state index is 10.8. The number of urea groups is 1. The van der Waals surface area contributed by atoms with Crippen LogP contribution in [0.25, 0.3) is 0 Å². The molecule has 0 aromatic rings. The van der Waals surface area contributed by atoms with E-state index in [2.05, 4.69) is 21.1 Å². The molecule has 0 bridgehead atoms. The number of rotatable bonds is 9. The zero-order valence-electron chi connectivity index (χ0n) is 10.1. The molecular formula is C10H22N4O2. The highest BCUT2D eigenvalue weighted by Gasteiger charge is 1.94. The van der Waals surface area contributed by atoms with Crippen molar-refractivity contribution in [1.82, 2.24) is 16.1 Å². The fourth-order valence-electron chi connectivity index (χ4n) is 1.11. The predicted octanol–water partition coefficient (Wildman–Crippen LogP) is 0.655. The van der Waals surface area contributed by atoms with Crippen LogP contribution in [0.1, 0.15) is 25.7 Å². The van der Waals surface area contributed by atoms with Crippen LogP contribution in [0.4, 0.5) is 4.79 Å². The summed E-state index contributed by atoms with van der Waals surface area (Å²) in [5.74, 6) is 0. The van der Waals surface area contributed by atoms with E-state index in [9.17, 15) is 4.79 Å². The number of aliphatic imine (C=N–C) groups is 1. The summed E-state index contributed by atoms with van der Waals surface area (Å²) in [6, 6.07) is -0.117. The van der Waals surface area contributed by atoms with Crippen molar-refractivity contribution >= 4 is 12.4 Å². The van der Waals surface area contributed by atoms with Gasteiger partial charge in [0.25, 0.3) is 0 Å². The Labute approximate surface area is 96.8 Å². The largest absolute Gasteiger partial charge is 0.397 e. The molecule has 0 fully saturated rings. The first-order valence-electron chi connectivity index (χ1n) is 5.56. The van der Waals surface area contributed by atoms with Crippen LogP contribution in [0.5, 0.6) is 0 Å². The van der Waals surface area contributed by atoms with Crippen molar-refractivity contribution in [3.63, 3.8) is 0 Å². The second kappa shape index (κ2) is 11.8. The van der Waals surface area contributed by atoms with Crippen molar-refractivity contribution in [2.45, 2.75) is 25.7 Å². The molecule has 0 aliphatic heterocycles. The topological polar surface area (TPSA) is 74.8 Å². The number of unbranched alkanes of at least 4 members (excludes halogenated alkanes) is 3. The average molecular weight is 230 g/mol. The van der Waals surface area contributed by atoms with Crippen LogP contribution in [0.15, 0.2) is 4.99 Å². The van der Waals surface area contributed by atoms with Crippen molar-refractivity contribution in [3.05, 3.63) is 0 Å². The van der Waals surface area contributed by atoms with Crippen molar-refractivity contribution in [2.24, 2.45) is 4.99 Å². The molecule has 0 aliphatic carbocycles. The van der Waals surface area contributed by atoms with Gasteiger partial charge in [0.15, 0.2) is 6.40 Å². The number of nitrogens with one attached hydrogen (secondary N) is 3. The van der Waals surface area contributed by atoms with E-state index in [1.54, 1.807) is 14.1 Å². The second-order valence-electron chi connectivity index (χ2n) is 3.30. The minimum atomic E-state index is -0.117. The van der Waals surface area contributed by atoms with Gasteiger partial charge in [0.2, 0.25) is 0 Å². The van der Waals surface area contributed by atoms with Crippen molar-refractivity contribution < 1.29 is 9.63 Å². The van der Waals surface area contributed by atoms with Crippen LogP contribution in [-0.2, 0) is 4.84 Å². The highest BCUT2D eigenvalue weighted by molar-refractivity contribution is 5.73. The molecular weight excluding hydrogens is 208 g/mol. The lowest BCUT2D eigenvalue weighted by molar-refractivity contribution is 0.190. The Morgan fingerprint density at radius 2 is 1.94 bits per heavy atom. The van der Waals surface area contributed by atoms with Gasteiger partial charge in [-0.15, -0.1) is 0 Å². The third-order valence-electron chi connectivity index (χ3n) is 1.96. The zero-order valence-corrected chi connectivity index (χ0v) is 10.1. The molecule has 16 heavy (non-hydrogen) atoms. The molecule has 0 aromatic heterocycles. The molecule has 0 spiro atoms. The lowest BCUT2D eigenvalue weighted by Gasteiger charge is -2.04. The third kappa shape index (κ3) is 10.8. The Balaban J connectivity index is 3.01. The fourth-order valence-corrected chi connectivity index (χ4v) is 1.11. The summed E-state index contributed by atoms with van der Waals surface area (Å²) in [6.45, 7) is 1.54. The van der Waals surface area contributed by atoms with Crippen LogP contribution in [-0.4, -0.2) is 39.6 Å². The molecule has 0 radical (unpaired) electrons. The number of nitrogens with zero attached hydrogens (tertiary/aromatic N) is 1. The number of hydrogen-bond acceptors (Lipinski definition) is 4. The summed E-state index contributed by atoms with van der Waals surface area (Å²) in [5.41, 5.74) is 2.78. The van der Waals surface area contributed by atoms with Gasteiger partial charge in [-0.25, -0.2) is 4.79 Å². The molecule has 0 aliphatic rings. The summed E-state index contributed by atoms with van der Waals surface area (Å²) in [4.78, 5) is 19.3. The molecule has 0 aromatic carbocycles. The number of hydrogen-bond donors (Lipinski definition) is 3. The van der Waals surface area contributed by atoms with Gasteiger partial charge in [0.1, 0.15) is 0 Å². The average Bonchev–Trinajstić information content (AvgIpc) is 2.31. The van der Waals surface area contributed by atoms with E-state index in [1.807, 2.05) is 0 Å². The summed E-state index contributed by atoms with van der Waals surface area (Å²) in [6.07, 6.45) is 5.65. The molecule has 94 valence electrons. The normalized spacial score (nSPS) is 10.4. The van der Waals surface area contributed by atoms with E-state index in [0.717, 1.165) is 38.8 Å². The first-order valence-corrected chi connectivity index (χ1v) is 5.56. The van der Waals surface area contributed by atoms with Gasteiger partial charge < -0.3 is 15.5 Å². The minimum absolute atomic E-state index is 0.117. The Bertz CT molecular complexity index is 197. The van der Waals surface area contributed by atoms with Gasteiger partial charge in [-0.05, 0) is 12.8 Å². The smallest absolute Gasteiger partial charge is 0.314 e. The molecule has 0 atom stereocenters. The molecule has 0 saturated carbocycles. The lowest BCUT2D eigenvalue weighted by Crippen LogP contribution is -2.33. The molecule has 0 heterocycles. The molecule has 0 saturated heterocycles. The highest BCUT2D eigenvalue weighted by Crippen LogP contribution is 1.97. The number of carbonyl (C=O) groups is 1. The summed E-state index contributed by atoms with van der Waals surface area (Å²) < 4.78 is 0. The molecule has 3 N–H and O–H groups in total.